The second-order valence-electron chi connectivity index (χ2n) is 0.392. The van der Waals surface area contributed by atoms with Gasteiger partial charge in [-0.1, -0.05) is 0 Å². The van der Waals surface area contributed by atoms with E-state index in [0.717, 1.165) is 6.26 Å². The number of hydrogen-bond donors (Lipinski definition) is 0. The number of halogens is 3. The molecule has 0 radical (unpaired) electrons. The zero-order valence-electron chi connectivity index (χ0n) is 2.84. The normalized spacial score (nSPS) is 14.7. The fraction of sp³-hybridized carbons (Fsp3) is 1.00. The molecule has 0 saturated heterocycles. The monoisotopic (exact) mass is 211 g/mol. The van der Waals surface area contributed by atoms with E-state index in [1.807, 2.05) is 0 Å². The van der Waals surface area contributed by atoms with Crippen LogP contribution in [0.4, 0.5) is 9.07 Å². The summed E-state index contributed by atoms with van der Waals surface area (Å²) < 4.78 is 32.7. The van der Waals surface area contributed by atoms with Crippen molar-refractivity contribution in [1.82, 2.24) is 0 Å². The van der Waals surface area contributed by atoms with Gasteiger partial charge in [0, 0.05) is 0 Å². The second-order valence-corrected chi connectivity index (χ2v) is 5.43. The van der Waals surface area contributed by atoms with E-state index < -0.39 is 17.4 Å². The van der Waals surface area contributed by atoms with Crippen molar-refractivity contribution in [2.24, 2.45) is 0 Å². The summed E-state index contributed by atoms with van der Waals surface area (Å²) in [7, 11) is 0.0219. The Morgan fingerprint density at radius 2 is 1.50 bits per heavy atom. The van der Waals surface area contributed by atoms with Crippen LogP contribution in [0.25, 0.3) is 0 Å². The van der Waals surface area contributed by atoms with Gasteiger partial charge >= 0.3 is 42.0 Å². The third-order valence-corrected chi connectivity index (χ3v) is 2.48. The molecule has 0 bridgehead atoms. The van der Waals surface area contributed by atoms with Crippen LogP contribution in [0, 0.1) is 0 Å². The number of rotatable bonds is 1. The predicted molar refractivity (Wildman–Crippen MR) is 16.8 cm³/mol. The summed E-state index contributed by atoms with van der Waals surface area (Å²) >= 11 is -5.22. The average molecular weight is 212 g/mol. The molecule has 0 N–H and O–H groups in total. The van der Waals surface area contributed by atoms with Gasteiger partial charge in [0.1, 0.15) is 0 Å². The first-order valence-corrected chi connectivity index (χ1v) is 5.43. The Bertz CT molecular complexity index is 40.5. The van der Waals surface area contributed by atoms with Crippen molar-refractivity contribution in [3.8, 4) is 0 Å². The van der Waals surface area contributed by atoms with Crippen LogP contribution in [0.5, 0.6) is 0 Å². The molecule has 0 saturated carbocycles. The fourth-order valence-electron chi connectivity index (χ4n) is 0. The van der Waals surface area contributed by atoms with Crippen LogP contribution in [-0.4, -0.2) is 6.26 Å². The molecule has 0 aromatic carbocycles. The Kier molecular flexibility index (Phi) is 2.59. The van der Waals surface area contributed by atoms with Crippen LogP contribution in [-0.2, 0) is 17.4 Å². The van der Waals surface area contributed by atoms with E-state index in [0.29, 0.717) is 0 Å². The minimum absolute atomic E-state index is 0.0219. The first-order chi connectivity index (χ1) is 2.56. The molecule has 0 aromatic heterocycles. The molecule has 0 unspecified atom stereocenters. The molecule has 45 valence electrons. The van der Waals surface area contributed by atoms with E-state index >= 15 is 0 Å². The van der Waals surface area contributed by atoms with Gasteiger partial charge in [-0.25, -0.2) is 0 Å². The molecule has 0 amide bonds. The maximum absolute atomic E-state index is 10.9. The van der Waals surface area contributed by atoms with Crippen molar-refractivity contribution in [1.29, 1.82) is 0 Å². The van der Waals surface area contributed by atoms with Crippen molar-refractivity contribution in [2.45, 2.75) is 0 Å². The van der Waals surface area contributed by atoms with E-state index in [-0.39, 0.29) is 9.23 Å². The molecule has 0 spiro atoms. The van der Waals surface area contributed by atoms with E-state index in [9.17, 15) is 9.07 Å². The molecule has 0 heterocycles. The Morgan fingerprint density at radius 3 is 1.50 bits per heavy atom. The molecule has 0 aliphatic heterocycles. The Hall–Kier alpha value is 0.880. The van der Waals surface area contributed by atoms with Crippen molar-refractivity contribution in [2.75, 3.05) is 6.26 Å². The van der Waals surface area contributed by atoms with Gasteiger partial charge in [-0.3, -0.25) is 0 Å². The summed E-state index contributed by atoms with van der Waals surface area (Å²) in [6.45, 7) is 0. The van der Waals surface area contributed by atoms with Gasteiger partial charge in [0.05, 0.1) is 0 Å². The summed E-state index contributed by atoms with van der Waals surface area (Å²) in [6, 6.07) is 0. The van der Waals surface area contributed by atoms with Gasteiger partial charge in [-0.2, -0.15) is 0 Å². The molecule has 5 heteroatoms. The van der Waals surface area contributed by atoms with Crippen LogP contribution < -0.4 is 0 Å². The zero-order valence-corrected chi connectivity index (χ0v) is 5.14. The van der Waals surface area contributed by atoms with Gasteiger partial charge in [-0.05, 0) is 0 Å². The molecule has 0 aliphatic rings. The van der Waals surface area contributed by atoms with E-state index in [1.165, 1.54) is 0 Å². The van der Waals surface area contributed by atoms with Gasteiger partial charge in [-0.15, -0.1) is 0 Å². The zero-order chi connectivity index (χ0) is 5.21. The van der Waals surface area contributed by atoms with Gasteiger partial charge in [0.15, 0.2) is 0 Å². The summed E-state index contributed by atoms with van der Waals surface area (Å²) in [5, 5.41) is 0. The molecular weight excluding hydrogens is 209 g/mol. The molecule has 6 heavy (non-hydrogen) atoms. The Balaban J connectivity index is 3.17. The van der Waals surface area contributed by atoms with Crippen LogP contribution in [0.3, 0.4) is 0 Å². The number of hydrogen-bond acceptors (Lipinski definition) is 1. The summed E-state index contributed by atoms with van der Waals surface area (Å²) in [5.74, 6) is 0. The Labute approximate surface area is 42.3 Å². The van der Waals surface area contributed by atoms with Gasteiger partial charge < -0.3 is 0 Å². The SMILES string of the molecule is C[S][Ag]([F])([F])[F]. The van der Waals surface area contributed by atoms with Gasteiger partial charge in [0.2, 0.25) is 0 Å². The van der Waals surface area contributed by atoms with Crippen molar-refractivity contribution in [3.05, 3.63) is 0 Å². The molecule has 0 rings (SSSR count). The van der Waals surface area contributed by atoms with E-state index in [1.54, 1.807) is 0 Å². The third-order valence-electron chi connectivity index (χ3n) is 0.140. The molecule has 0 aliphatic carbocycles. The van der Waals surface area contributed by atoms with Crippen molar-refractivity contribution < 1.29 is 26.5 Å². The van der Waals surface area contributed by atoms with Gasteiger partial charge in [0.25, 0.3) is 0 Å². The fourth-order valence-corrected chi connectivity index (χ4v) is 0. The maximum atomic E-state index is 10.9. The summed E-state index contributed by atoms with van der Waals surface area (Å²) in [4.78, 5) is 0. The molecule has 0 atom stereocenters. The van der Waals surface area contributed by atoms with Crippen LogP contribution in [0.2, 0.25) is 0 Å². The topological polar surface area (TPSA) is 0 Å². The van der Waals surface area contributed by atoms with Crippen LogP contribution in [0.1, 0.15) is 0 Å². The molecule has 0 fully saturated rings. The molecular formula is CH3AgF3S. The van der Waals surface area contributed by atoms with E-state index in [2.05, 4.69) is 0 Å². The predicted octanol–water partition coefficient (Wildman–Crippen LogP) is 2.07. The Morgan fingerprint density at radius 1 is 1.33 bits per heavy atom. The second kappa shape index (κ2) is 2.26. The van der Waals surface area contributed by atoms with E-state index in [4.69, 9.17) is 0 Å². The first kappa shape index (κ1) is 6.88. The molecule has 0 aromatic rings. The summed E-state index contributed by atoms with van der Waals surface area (Å²) in [6.07, 6.45) is 1.06. The quantitative estimate of drug-likeness (QED) is 0.599. The van der Waals surface area contributed by atoms with Crippen LogP contribution in [0.15, 0.2) is 0 Å². The molecule has 0 nitrogen and oxygen atoms in total. The third kappa shape index (κ3) is 4.88. The summed E-state index contributed by atoms with van der Waals surface area (Å²) in [5.41, 5.74) is 0. The van der Waals surface area contributed by atoms with Crippen LogP contribution >= 0.6 is 9.23 Å². The standard InChI is InChI=1S/CH4S.Ag.3FH/c1-2;;;;/h2H,1H3;;3*1H/q;+4;;;/p-4. The first-order valence-electron chi connectivity index (χ1n) is 0.873. The van der Waals surface area contributed by atoms with Crippen molar-refractivity contribution in [3.63, 3.8) is 0 Å². The minimum atomic E-state index is -5.22. The average Bonchev–Trinajstić information content (AvgIpc) is 1.35. The van der Waals surface area contributed by atoms with Crippen molar-refractivity contribution >= 4 is 9.23 Å².